The van der Waals surface area contributed by atoms with Crippen molar-refractivity contribution in [3.63, 3.8) is 0 Å². The van der Waals surface area contributed by atoms with Gasteiger partial charge in [-0.05, 0) is 34.1 Å². The summed E-state index contributed by atoms with van der Waals surface area (Å²) in [4.78, 5) is 19.6. The topological polar surface area (TPSA) is 80.9 Å². The fourth-order valence-corrected chi connectivity index (χ4v) is 1.94. The quantitative estimate of drug-likeness (QED) is 0.850. The highest BCUT2D eigenvalue weighted by atomic mass is 79.9. The number of benzene rings is 1. The second-order valence-electron chi connectivity index (χ2n) is 3.40. The first-order chi connectivity index (χ1) is 8.56. The Morgan fingerprint density at radius 1 is 1.22 bits per heavy atom. The average molecular weight is 372 g/mol. The minimum atomic E-state index is -0.346. The van der Waals surface area contributed by atoms with E-state index in [4.69, 9.17) is 5.73 Å². The van der Waals surface area contributed by atoms with Gasteiger partial charge in [0.15, 0.2) is 0 Å². The van der Waals surface area contributed by atoms with Crippen LogP contribution >= 0.6 is 31.9 Å². The molecule has 1 aromatic carbocycles. The van der Waals surface area contributed by atoms with Gasteiger partial charge in [0.2, 0.25) is 0 Å². The molecule has 2 aromatic rings. The number of rotatable bonds is 2. The van der Waals surface area contributed by atoms with Gasteiger partial charge in [0.05, 0.1) is 18.1 Å². The van der Waals surface area contributed by atoms with Crippen molar-refractivity contribution in [2.75, 3.05) is 11.1 Å². The molecule has 3 N–H and O–H groups in total. The molecule has 0 unspecified atom stereocenters. The van der Waals surface area contributed by atoms with Gasteiger partial charge in [-0.15, -0.1) is 0 Å². The van der Waals surface area contributed by atoms with Crippen LogP contribution in [0.15, 0.2) is 39.5 Å². The normalized spacial score (nSPS) is 10.1. The fourth-order valence-electron chi connectivity index (χ4n) is 1.23. The molecule has 5 nitrogen and oxygen atoms in total. The molecule has 1 heterocycles. The fraction of sp³-hybridized carbons (Fsp3) is 0. The van der Waals surface area contributed by atoms with Crippen LogP contribution in [-0.4, -0.2) is 15.9 Å². The van der Waals surface area contributed by atoms with Crippen LogP contribution in [0.1, 0.15) is 10.5 Å². The van der Waals surface area contributed by atoms with E-state index in [0.717, 1.165) is 8.95 Å². The van der Waals surface area contributed by atoms with Gasteiger partial charge in [-0.2, -0.15) is 0 Å². The summed E-state index contributed by atoms with van der Waals surface area (Å²) >= 11 is 6.69. The summed E-state index contributed by atoms with van der Waals surface area (Å²) in [6.07, 6.45) is 2.67. The molecule has 0 aliphatic rings. The van der Waals surface area contributed by atoms with Crippen molar-refractivity contribution in [3.8, 4) is 0 Å². The lowest BCUT2D eigenvalue weighted by Gasteiger charge is -2.07. The number of hydrogen-bond acceptors (Lipinski definition) is 4. The van der Waals surface area contributed by atoms with Gasteiger partial charge in [0, 0.05) is 8.95 Å². The van der Waals surface area contributed by atoms with Gasteiger partial charge in [0.25, 0.3) is 5.91 Å². The maximum Gasteiger partial charge on any atom is 0.275 e. The molecule has 0 radical (unpaired) electrons. The predicted octanol–water partition coefficient (Wildman–Crippen LogP) is 2.84. The van der Waals surface area contributed by atoms with Crippen molar-refractivity contribution in [2.24, 2.45) is 0 Å². The summed E-state index contributed by atoms with van der Waals surface area (Å²) in [5, 5.41) is 2.73. The van der Waals surface area contributed by atoms with Gasteiger partial charge in [-0.1, -0.05) is 15.9 Å². The second-order valence-corrected chi connectivity index (χ2v) is 5.17. The van der Waals surface area contributed by atoms with Crippen LogP contribution in [-0.2, 0) is 0 Å². The lowest BCUT2D eigenvalue weighted by atomic mass is 10.3. The number of halogens is 2. The van der Waals surface area contributed by atoms with Crippen LogP contribution in [0.4, 0.5) is 11.5 Å². The van der Waals surface area contributed by atoms with E-state index in [0.29, 0.717) is 5.69 Å². The van der Waals surface area contributed by atoms with Gasteiger partial charge in [0.1, 0.15) is 11.5 Å². The molecule has 7 heteroatoms. The Bertz CT molecular complexity index is 586. The van der Waals surface area contributed by atoms with Crippen molar-refractivity contribution in [2.45, 2.75) is 0 Å². The minimum Gasteiger partial charge on any atom is -0.382 e. The standard InChI is InChI=1S/C11H8Br2N4O/c12-6-1-2-7(13)8(3-6)17-11(18)9-4-16-10(14)5-15-9/h1-5H,(H2,14,16)(H,17,18). The Labute approximate surface area is 120 Å². The molecule has 92 valence electrons. The zero-order valence-electron chi connectivity index (χ0n) is 9.02. The van der Waals surface area contributed by atoms with E-state index < -0.39 is 0 Å². The largest absolute Gasteiger partial charge is 0.382 e. The number of hydrogen-bond donors (Lipinski definition) is 2. The third kappa shape index (κ3) is 3.05. The number of nitrogen functional groups attached to an aromatic ring is 1. The van der Waals surface area contributed by atoms with Crippen LogP contribution in [0.5, 0.6) is 0 Å². The van der Waals surface area contributed by atoms with Crippen LogP contribution in [0.25, 0.3) is 0 Å². The van der Waals surface area contributed by atoms with E-state index in [1.54, 1.807) is 6.07 Å². The maximum atomic E-state index is 11.9. The molecule has 0 saturated heterocycles. The van der Waals surface area contributed by atoms with E-state index in [1.165, 1.54) is 12.4 Å². The molecule has 1 amide bonds. The Morgan fingerprint density at radius 2 is 2.00 bits per heavy atom. The highest BCUT2D eigenvalue weighted by Crippen LogP contribution is 2.26. The zero-order chi connectivity index (χ0) is 13.1. The van der Waals surface area contributed by atoms with Gasteiger partial charge < -0.3 is 11.1 Å². The highest BCUT2D eigenvalue weighted by Gasteiger charge is 2.10. The maximum absolute atomic E-state index is 11.9. The Hall–Kier alpha value is -1.47. The number of nitrogens with one attached hydrogen (secondary N) is 1. The number of carbonyl (C=O) groups excluding carboxylic acids is 1. The van der Waals surface area contributed by atoms with Crippen molar-refractivity contribution in [3.05, 3.63) is 45.2 Å². The molecule has 0 aliphatic carbocycles. The lowest BCUT2D eigenvalue weighted by molar-refractivity contribution is 0.102. The van der Waals surface area contributed by atoms with E-state index in [1.807, 2.05) is 12.1 Å². The van der Waals surface area contributed by atoms with Crippen LogP contribution in [0.3, 0.4) is 0 Å². The van der Waals surface area contributed by atoms with Gasteiger partial charge in [-0.25, -0.2) is 9.97 Å². The monoisotopic (exact) mass is 370 g/mol. The molecule has 0 saturated carbocycles. The van der Waals surface area contributed by atoms with Crippen molar-refractivity contribution >= 4 is 49.3 Å². The van der Waals surface area contributed by atoms with E-state index in [-0.39, 0.29) is 17.4 Å². The van der Waals surface area contributed by atoms with Crippen molar-refractivity contribution in [1.82, 2.24) is 9.97 Å². The Kier molecular flexibility index (Phi) is 3.93. The smallest absolute Gasteiger partial charge is 0.275 e. The molecule has 2 rings (SSSR count). The first kappa shape index (κ1) is 13.0. The number of aromatic nitrogens is 2. The number of nitrogens with zero attached hydrogens (tertiary/aromatic N) is 2. The van der Waals surface area contributed by atoms with Gasteiger partial charge in [-0.3, -0.25) is 4.79 Å². The molecule has 0 fully saturated rings. The van der Waals surface area contributed by atoms with Crippen LogP contribution in [0.2, 0.25) is 0 Å². The van der Waals surface area contributed by atoms with Crippen molar-refractivity contribution < 1.29 is 4.79 Å². The van der Waals surface area contributed by atoms with Crippen molar-refractivity contribution in [1.29, 1.82) is 0 Å². The summed E-state index contributed by atoms with van der Waals surface area (Å²) in [6.45, 7) is 0. The van der Waals surface area contributed by atoms with Gasteiger partial charge >= 0.3 is 0 Å². The average Bonchev–Trinajstić information content (AvgIpc) is 2.34. The molecule has 18 heavy (non-hydrogen) atoms. The summed E-state index contributed by atoms with van der Waals surface area (Å²) in [5.41, 5.74) is 6.26. The summed E-state index contributed by atoms with van der Waals surface area (Å²) in [6, 6.07) is 5.48. The zero-order valence-corrected chi connectivity index (χ0v) is 12.2. The number of nitrogens with two attached hydrogens (primary N) is 1. The van der Waals surface area contributed by atoms with E-state index in [9.17, 15) is 4.79 Å². The summed E-state index contributed by atoms with van der Waals surface area (Å²) < 4.78 is 1.65. The third-order valence-corrected chi connectivity index (χ3v) is 3.27. The number of carbonyl (C=O) groups is 1. The first-order valence-corrected chi connectivity index (χ1v) is 6.49. The number of amides is 1. The molecule has 0 atom stereocenters. The Morgan fingerprint density at radius 3 is 2.67 bits per heavy atom. The molecule has 0 bridgehead atoms. The van der Waals surface area contributed by atoms with Crippen LogP contribution in [0, 0.1) is 0 Å². The second kappa shape index (κ2) is 5.45. The molecular weight excluding hydrogens is 364 g/mol. The predicted molar refractivity (Wildman–Crippen MR) is 76.2 cm³/mol. The summed E-state index contributed by atoms with van der Waals surface area (Å²) in [5.74, 6) is -0.0727. The molecular formula is C11H8Br2N4O. The molecule has 1 aromatic heterocycles. The Balaban J connectivity index is 2.21. The summed E-state index contributed by atoms with van der Waals surface area (Å²) in [7, 11) is 0. The molecule has 0 spiro atoms. The highest BCUT2D eigenvalue weighted by molar-refractivity contribution is 9.11. The molecule has 0 aliphatic heterocycles. The SMILES string of the molecule is Nc1cnc(C(=O)Nc2cc(Br)ccc2Br)cn1. The number of anilines is 2. The minimum absolute atomic E-state index is 0.205. The van der Waals surface area contributed by atoms with E-state index >= 15 is 0 Å². The van der Waals surface area contributed by atoms with Crippen LogP contribution < -0.4 is 11.1 Å². The third-order valence-electron chi connectivity index (χ3n) is 2.08. The first-order valence-electron chi connectivity index (χ1n) is 4.90. The lowest BCUT2D eigenvalue weighted by Crippen LogP contribution is -2.14. The van der Waals surface area contributed by atoms with E-state index in [2.05, 4.69) is 47.1 Å².